The molecule has 1 heterocycles. The summed E-state index contributed by atoms with van der Waals surface area (Å²) in [7, 11) is -3.81. The lowest BCUT2D eigenvalue weighted by Crippen LogP contribution is -2.34. The Hall–Kier alpha value is -1.89. The Labute approximate surface area is 124 Å². The van der Waals surface area contributed by atoms with Crippen LogP contribution in [0.15, 0.2) is 29.2 Å². The summed E-state index contributed by atoms with van der Waals surface area (Å²) in [5.41, 5.74) is 0.170. The van der Waals surface area contributed by atoms with Crippen molar-refractivity contribution in [2.45, 2.75) is 31.1 Å². The molecule has 114 valence electrons. The van der Waals surface area contributed by atoms with Crippen LogP contribution in [0.5, 0.6) is 0 Å². The van der Waals surface area contributed by atoms with E-state index >= 15 is 0 Å². The van der Waals surface area contributed by atoms with Crippen molar-refractivity contribution < 1.29 is 18.0 Å². The topological polar surface area (TPSA) is 83.6 Å². The number of amides is 2. The minimum absolute atomic E-state index is 0.0152. The average molecular weight is 310 g/mol. The Morgan fingerprint density at radius 1 is 1.29 bits per heavy atom. The Balaban J connectivity index is 2.03. The van der Waals surface area contributed by atoms with Crippen LogP contribution in [0.1, 0.15) is 36.5 Å². The zero-order valence-electron chi connectivity index (χ0n) is 11.8. The van der Waals surface area contributed by atoms with Gasteiger partial charge in [-0.1, -0.05) is 25.5 Å². The van der Waals surface area contributed by atoms with E-state index < -0.39 is 15.9 Å². The lowest BCUT2D eigenvalue weighted by molar-refractivity contribution is -0.121. The van der Waals surface area contributed by atoms with Gasteiger partial charge >= 0.3 is 0 Å². The van der Waals surface area contributed by atoms with Crippen molar-refractivity contribution in [1.82, 2.24) is 9.62 Å². The highest BCUT2D eigenvalue weighted by atomic mass is 32.2. The average Bonchev–Trinajstić information content (AvgIpc) is 2.65. The van der Waals surface area contributed by atoms with E-state index in [0.717, 1.165) is 17.1 Å². The maximum atomic E-state index is 12.2. The lowest BCUT2D eigenvalue weighted by atomic mass is 10.2. The fourth-order valence-corrected chi connectivity index (χ4v) is 3.72. The first-order valence-corrected chi connectivity index (χ1v) is 8.35. The first-order valence-electron chi connectivity index (χ1n) is 6.91. The highest BCUT2D eigenvalue weighted by molar-refractivity contribution is 7.90. The SMILES string of the molecule is CCCCNC(=O)CCN1C(=O)c2ccccc2S1(=O)=O. The largest absolute Gasteiger partial charge is 0.356 e. The zero-order valence-corrected chi connectivity index (χ0v) is 12.6. The summed E-state index contributed by atoms with van der Waals surface area (Å²) in [6.45, 7) is 2.45. The molecular formula is C14H18N2O4S. The van der Waals surface area contributed by atoms with Crippen LogP contribution in [-0.2, 0) is 14.8 Å². The minimum Gasteiger partial charge on any atom is -0.356 e. The Bertz CT molecular complexity index is 655. The van der Waals surface area contributed by atoms with E-state index in [1.54, 1.807) is 12.1 Å². The van der Waals surface area contributed by atoms with Gasteiger partial charge in [0, 0.05) is 19.5 Å². The predicted molar refractivity (Wildman–Crippen MR) is 77.2 cm³/mol. The van der Waals surface area contributed by atoms with Crippen molar-refractivity contribution in [3.05, 3.63) is 29.8 Å². The van der Waals surface area contributed by atoms with Gasteiger partial charge in [-0.3, -0.25) is 9.59 Å². The first-order chi connectivity index (χ1) is 9.98. The van der Waals surface area contributed by atoms with E-state index in [1.165, 1.54) is 12.1 Å². The number of hydrogen-bond donors (Lipinski definition) is 1. The summed E-state index contributed by atoms with van der Waals surface area (Å²) in [6.07, 6.45) is 1.81. The second-order valence-corrected chi connectivity index (χ2v) is 6.66. The highest BCUT2D eigenvalue weighted by Gasteiger charge is 2.40. The molecule has 0 aliphatic carbocycles. The lowest BCUT2D eigenvalue weighted by Gasteiger charge is -2.14. The molecule has 1 N–H and O–H groups in total. The van der Waals surface area contributed by atoms with E-state index in [-0.39, 0.29) is 29.3 Å². The number of rotatable bonds is 6. The van der Waals surface area contributed by atoms with Crippen molar-refractivity contribution in [2.24, 2.45) is 0 Å². The van der Waals surface area contributed by atoms with Crippen LogP contribution in [0.2, 0.25) is 0 Å². The molecule has 0 radical (unpaired) electrons. The van der Waals surface area contributed by atoms with Gasteiger partial charge in [-0.05, 0) is 18.6 Å². The summed E-state index contributed by atoms with van der Waals surface area (Å²) >= 11 is 0. The van der Waals surface area contributed by atoms with Gasteiger partial charge in [0.25, 0.3) is 15.9 Å². The van der Waals surface area contributed by atoms with Crippen LogP contribution in [0.4, 0.5) is 0 Å². The maximum absolute atomic E-state index is 12.2. The number of carbonyl (C=O) groups is 2. The molecule has 2 rings (SSSR count). The second kappa shape index (κ2) is 6.26. The monoisotopic (exact) mass is 310 g/mol. The van der Waals surface area contributed by atoms with Gasteiger partial charge in [0.05, 0.1) is 5.56 Å². The van der Waals surface area contributed by atoms with Gasteiger partial charge in [0.15, 0.2) is 0 Å². The summed E-state index contributed by atoms with van der Waals surface area (Å²) < 4.78 is 25.3. The van der Waals surface area contributed by atoms with Crippen LogP contribution in [-0.4, -0.2) is 37.6 Å². The third-order valence-corrected chi connectivity index (χ3v) is 5.15. The molecule has 0 spiro atoms. The maximum Gasteiger partial charge on any atom is 0.269 e. The van der Waals surface area contributed by atoms with E-state index in [0.29, 0.717) is 6.54 Å². The molecule has 0 aromatic heterocycles. The molecule has 1 aromatic rings. The summed E-state index contributed by atoms with van der Waals surface area (Å²) in [5.74, 6) is -0.811. The third kappa shape index (κ3) is 3.07. The number of carbonyl (C=O) groups excluding carboxylic acids is 2. The van der Waals surface area contributed by atoms with Crippen LogP contribution in [0.3, 0.4) is 0 Å². The number of nitrogens with one attached hydrogen (secondary N) is 1. The molecule has 1 aliphatic heterocycles. The molecule has 0 saturated heterocycles. The molecule has 21 heavy (non-hydrogen) atoms. The Morgan fingerprint density at radius 3 is 2.67 bits per heavy atom. The number of sulfonamides is 1. The molecule has 2 amide bonds. The summed E-state index contributed by atoms with van der Waals surface area (Å²) in [5, 5.41) is 2.70. The fourth-order valence-electron chi connectivity index (χ4n) is 2.15. The van der Waals surface area contributed by atoms with Crippen molar-refractivity contribution in [3.63, 3.8) is 0 Å². The van der Waals surface area contributed by atoms with Gasteiger partial charge in [-0.2, -0.15) is 0 Å². The number of unbranched alkanes of at least 4 members (excludes halogenated alkanes) is 1. The van der Waals surface area contributed by atoms with E-state index in [9.17, 15) is 18.0 Å². The van der Waals surface area contributed by atoms with E-state index in [4.69, 9.17) is 0 Å². The van der Waals surface area contributed by atoms with Crippen LogP contribution in [0, 0.1) is 0 Å². The fraction of sp³-hybridized carbons (Fsp3) is 0.429. The van der Waals surface area contributed by atoms with Crippen molar-refractivity contribution in [3.8, 4) is 0 Å². The van der Waals surface area contributed by atoms with Gasteiger partial charge in [-0.15, -0.1) is 0 Å². The van der Waals surface area contributed by atoms with Crippen LogP contribution >= 0.6 is 0 Å². The Kier molecular flexibility index (Phi) is 4.62. The van der Waals surface area contributed by atoms with Gasteiger partial charge in [0.1, 0.15) is 4.90 Å². The standard InChI is InChI=1S/C14H18N2O4S/c1-2-3-9-15-13(17)8-10-16-14(18)11-6-4-5-7-12(11)21(16,19)20/h4-7H,2-3,8-10H2,1H3,(H,15,17). The third-order valence-electron chi connectivity index (χ3n) is 3.31. The smallest absolute Gasteiger partial charge is 0.269 e. The van der Waals surface area contributed by atoms with Crippen molar-refractivity contribution >= 4 is 21.8 Å². The molecule has 0 fully saturated rings. The van der Waals surface area contributed by atoms with E-state index in [1.807, 2.05) is 6.92 Å². The van der Waals surface area contributed by atoms with Gasteiger partial charge < -0.3 is 5.32 Å². The highest BCUT2D eigenvalue weighted by Crippen LogP contribution is 2.29. The molecule has 0 saturated carbocycles. The first kappa shape index (κ1) is 15.5. The molecule has 1 aliphatic rings. The van der Waals surface area contributed by atoms with Gasteiger partial charge in [0.2, 0.25) is 5.91 Å². The van der Waals surface area contributed by atoms with Crippen molar-refractivity contribution in [2.75, 3.05) is 13.1 Å². The number of hydrogen-bond acceptors (Lipinski definition) is 4. The number of fused-ring (bicyclic) bond motifs is 1. The molecule has 0 unspecified atom stereocenters. The normalized spacial score (nSPS) is 15.9. The quantitative estimate of drug-likeness (QED) is 0.799. The number of nitrogens with zero attached hydrogens (tertiary/aromatic N) is 1. The Morgan fingerprint density at radius 2 is 2.00 bits per heavy atom. The molecule has 7 heteroatoms. The summed E-state index contributed by atoms with van der Waals surface area (Å²) in [6, 6.07) is 6.08. The molecule has 0 atom stereocenters. The summed E-state index contributed by atoms with van der Waals surface area (Å²) in [4.78, 5) is 23.7. The number of benzene rings is 1. The molecule has 0 bridgehead atoms. The van der Waals surface area contributed by atoms with Crippen LogP contribution in [0.25, 0.3) is 0 Å². The molecule has 6 nitrogen and oxygen atoms in total. The second-order valence-electron chi connectivity index (χ2n) is 4.83. The van der Waals surface area contributed by atoms with E-state index in [2.05, 4.69) is 5.32 Å². The minimum atomic E-state index is -3.81. The molecule has 1 aromatic carbocycles. The van der Waals surface area contributed by atoms with Crippen LogP contribution < -0.4 is 5.32 Å². The zero-order chi connectivity index (χ0) is 15.5. The van der Waals surface area contributed by atoms with Gasteiger partial charge in [-0.25, -0.2) is 12.7 Å². The van der Waals surface area contributed by atoms with Crippen molar-refractivity contribution in [1.29, 1.82) is 0 Å². The molecular weight excluding hydrogens is 292 g/mol. The predicted octanol–water partition coefficient (Wildman–Crippen LogP) is 1.14.